The van der Waals surface area contributed by atoms with E-state index >= 15 is 0 Å². The van der Waals surface area contributed by atoms with Crippen LogP contribution in [0.1, 0.15) is 6.42 Å². The molecule has 128 valence electrons. The number of ether oxygens (including phenoxy) is 1. The Balaban J connectivity index is 1.95. The van der Waals surface area contributed by atoms with Crippen molar-refractivity contribution in [2.75, 3.05) is 37.7 Å². The van der Waals surface area contributed by atoms with Crippen LogP contribution in [0, 0.1) is 0 Å². The first kappa shape index (κ1) is 17.7. The molecule has 1 saturated heterocycles. The summed E-state index contributed by atoms with van der Waals surface area (Å²) < 4.78 is 31.9. The Morgan fingerprint density at radius 2 is 1.91 bits per heavy atom. The standard InChI is InChI=1S/C14H21N3O5S/c15-13(14(18)19)5-6-16-23(20,21)12-3-1-11(2-4-12)17-7-9-22-10-8-17/h1-4,13,16H,5-10,15H2,(H,18,19)/t13-/m0/s1. The second kappa shape index (κ2) is 7.73. The second-order valence-corrected chi connectivity index (χ2v) is 6.99. The van der Waals surface area contributed by atoms with Gasteiger partial charge in [-0.15, -0.1) is 0 Å². The van der Waals surface area contributed by atoms with Gasteiger partial charge in [0.25, 0.3) is 0 Å². The molecule has 1 aliphatic rings. The first-order chi connectivity index (χ1) is 10.9. The topological polar surface area (TPSA) is 122 Å². The van der Waals surface area contributed by atoms with Crippen LogP contribution in [0.15, 0.2) is 29.2 Å². The molecule has 0 amide bonds. The van der Waals surface area contributed by atoms with Crippen molar-refractivity contribution in [1.82, 2.24) is 4.72 Å². The van der Waals surface area contributed by atoms with E-state index in [-0.39, 0.29) is 17.9 Å². The molecule has 8 nitrogen and oxygen atoms in total. The average molecular weight is 343 g/mol. The molecule has 1 aromatic carbocycles. The van der Waals surface area contributed by atoms with Gasteiger partial charge >= 0.3 is 5.97 Å². The van der Waals surface area contributed by atoms with Crippen molar-refractivity contribution in [2.45, 2.75) is 17.4 Å². The second-order valence-electron chi connectivity index (χ2n) is 5.22. The monoisotopic (exact) mass is 343 g/mol. The van der Waals surface area contributed by atoms with Crippen molar-refractivity contribution < 1.29 is 23.1 Å². The van der Waals surface area contributed by atoms with Crippen molar-refractivity contribution in [3.8, 4) is 0 Å². The summed E-state index contributed by atoms with van der Waals surface area (Å²) in [6.07, 6.45) is 0.0282. The minimum absolute atomic E-state index is 0.0268. The highest BCUT2D eigenvalue weighted by atomic mass is 32.2. The summed E-state index contributed by atoms with van der Waals surface area (Å²) in [6, 6.07) is 5.49. The van der Waals surface area contributed by atoms with Gasteiger partial charge in [0.15, 0.2) is 0 Å². The highest BCUT2D eigenvalue weighted by molar-refractivity contribution is 7.89. The van der Waals surface area contributed by atoms with Gasteiger partial charge in [0.1, 0.15) is 6.04 Å². The number of aliphatic carboxylic acids is 1. The number of carboxylic acid groups (broad SMARTS) is 1. The number of nitrogens with one attached hydrogen (secondary N) is 1. The van der Waals surface area contributed by atoms with Crippen LogP contribution in [0.2, 0.25) is 0 Å². The van der Waals surface area contributed by atoms with Gasteiger partial charge < -0.3 is 20.5 Å². The molecule has 0 unspecified atom stereocenters. The number of benzene rings is 1. The zero-order valence-electron chi connectivity index (χ0n) is 12.6. The molecule has 0 aromatic heterocycles. The Morgan fingerprint density at radius 1 is 1.30 bits per heavy atom. The van der Waals surface area contributed by atoms with Crippen molar-refractivity contribution in [1.29, 1.82) is 0 Å². The van der Waals surface area contributed by atoms with Crippen LogP contribution in [0.5, 0.6) is 0 Å². The Hall–Kier alpha value is -1.68. The molecule has 1 fully saturated rings. The van der Waals surface area contributed by atoms with E-state index in [9.17, 15) is 13.2 Å². The minimum atomic E-state index is -3.67. The number of carbonyl (C=O) groups is 1. The first-order valence-electron chi connectivity index (χ1n) is 7.31. The normalized spacial score (nSPS) is 17.0. The fourth-order valence-corrected chi connectivity index (χ4v) is 3.26. The predicted octanol–water partition coefficient (Wildman–Crippen LogP) is -0.396. The van der Waals surface area contributed by atoms with Crippen LogP contribution in [0.25, 0.3) is 0 Å². The lowest BCUT2D eigenvalue weighted by Crippen LogP contribution is -2.36. The minimum Gasteiger partial charge on any atom is -0.480 e. The summed E-state index contributed by atoms with van der Waals surface area (Å²) in [6.45, 7) is 2.84. The molecule has 23 heavy (non-hydrogen) atoms. The van der Waals surface area contributed by atoms with Crippen molar-refractivity contribution >= 4 is 21.7 Å². The largest absolute Gasteiger partial charge is 0.480 e. The highest BCUT2D eigenvalue weighted by Crippen LogP contribution is 2.19. The first-order valence-corrected chi connectivity index (χ1v) is 8.79. The molecule has 2 rings (SSSR count). The summed E-state index contributed by atoms with van der Waals surface area (Å²) in [5, 5.41) is 8.67. The van der Waals surface area contributed by atoms with E-state index in [2.05, 4.69) is 9.62 Å². The van der Waals surface area contributed by atoms with Crippen LogP contribution < -0.4 is 15.4 Å². The van der Waals surface area contributed by atoms with Crippen LogP contribution in [-0.2, 0) is 19.6 Å². The number of carboxylic acids is 1. The van der Waals surface area contributed by atoms with Gasteiger partial charge in [-0.25, -0.2) is 13.1 Å². The van der Waals surface area contributed by atoms with Crippen LogP contribution in [-0.4, -0.2) is 58.4 Å². The van der Waals surface area contributed by atoms with E-state index in [1.54, 1.807) is 12.1 Å². The third-order valence-corrected chi connectivity index (χ3v) is 5.06. The lowest BCUT2D eigenvalue weighted by Gasteiger charge is -2.28. The molecule has 0 bridgehead atoms. The maximum absolute atomic E-state index is 12.1. The number of nitrogens with zero attached hydrogens (tertiary/aromatic N) is 1. The third-order valence-electron chi connectivity index (χ3n) is 3.59. The van der Waals surface area contributed by atoms with Crippen molar-refractivity contribution in [3.05, 3.63) is 24.3 Å². The maximum atomic E-state index is 12.1. The van der Waals surface area contributed by atoms with Gasteiger partial charge in [-0.05, 0) is 30.7 Å². The van der Waals surface area contributed by atoms with Gasteiger partial charge in [-0.3, -0.25) is 4.79 Å². The van der Waals surface area contributed by atoms with Crippen molar-refractivity contribution in [2.24, 2.45) is 5.73 Å². The molecule has 4 N–H and O–H groups in total. The fraction of sp³-hybridized carbons (Fsp3) is 0.500. The molecule has 1 aliphatic heterocycles. The van der Waals surface area contributed by atoms with E-state index in [1.165, 1.54) is 12.1 Å². The van der Waals surface area contributed by atoms with Gasteiger partial charge in [-0.2, -0.15) is 0 Å². The number of sulfonamides is 1. The molecular formula is C14H21N3O5S. The third kappa shape index (κ3) is 4.90. The van der Waals surface area contributed by atoms with Crippen LogP contribution >= 0.6 is 0 Å². The van der Waals surface area contributed by atoms with Gasteiger partial charge in [-0.1, -0.05) is 0 Å². The lowest BCUT2D eigenvalue weighted by molar-refractivity contribution is -0.138. The molecule has 1 heterocycles. The zero-order chi connectivity index (χ0) is 16.9. The van der Waals surface area contributed by atoms with E-state index in [4.69, 9.17) is 15.6 Å². The number of rotatable bonds is 7. The smallest absolute Gasteiger partial charge is 0.320 e. The van der Waals surface area contributed by atoms with Crippen LogP contribution in [0.4, 0.5) is 5.69 Å². The van der Waals surface area contributed by atoms with E-state index in [0.717, 1.165) is 18.8 Å². The molecule has 9 heteroatoms. The molecule has 0 aliphatic carbocycles. The number of nitrogens with two attached hydrogens (primary N) is 1. The van der Waals surface area contributed by atoms with Crippen LogP contribution in [0.3, 0.4) is 0 Å². The molecule has 0 saturated carbocycles. The fourth-order valence-electron chi connectivity index (χ4n) is 2.21. The van der Waals surface area contributed by atoms with E-state index in [0.29, 0.717) is 13.2 Å². The maximum Gasteiger partial charge on any atom is 0.320 e. The Bertz CT molecular complexity index is 626. The summed E-state index contributed by atoms with van der Waals surface area (Å²) in [5.41, 5.74) is 6.28. The van der Waals surface area contributed by atoms with E-state index in [1.807, 2.05) is 0 Å². The Labute approximate surface area is 135 Å². The quantitative estimate of drug-likeness (QED) is 0.616. The highest BCUT2D eigenvalue weighted by Gasteiger charge is 2.17. The molecule has 1 aromatic rings. The lowest BCUT2D eigenvalue weighted by atomic mass is 10.2. The van der Waals surface area contributed by atoms with Crippen molar-refractivity contribution in [3.63, 3.8) is 0 Å². The number of hydrogen-bond donors (Lipinski definition) is 3. The molecular weight excluding hydrogens is 322 g/mol. The zero-order valence-corrected chi connectivity index (χ0v) is 13.5. The predicted molar refractivity (Wildman–Crippen MR) is 84.9 cm³/mol. The molecule has 0 spiro atoms. The number of morpholine rings is 1. The van der Waals surface area contributed by atoms with E-state index < -0.39 is 22.0 Å². The van der Waals surface area contributed by atoms with Gasteiger partial charge in [0.05, 0.1) is 18.1 Å². The van der Waals surface area contributed by atoms with Gasteiger partial charge in [0.2, 0.25) is 10.0 Å². The molecule has 0 radical (unpaired) electrons. The summed E-state index contributed by atoms with van der Waals surface area (Å²) in [4.78, 5) is 12.9. The number of anilines is 1. The van der Waals surface area contributed by atoms with Gasteiger partial charge in [0, 0.05) is 25.3 Å². The summed E-state index contributed by atoms with van der Waals surface area (Å²) >= 11 is 0. The average Bonchev–Trinajstić information content (AvgIpc) is 2.55. The Morgan fingerprint density at radius 3 is 2.48 bits per heavy atom. The summed E-state index contributed by atoms with van der Waals surface area (Å²) in [5.74, 6) is -1.15. The SMILES string of the molecule is N[C@@H](CCNS(=O)(=O)c1ccc(N2CCOCC2)cc1)C(=O)O. The Kier molecular flexibility index (Phi) is 5.94. The molecule has 1 atom stereocenters. The summed E-state index contributed by atoms with van der Waals surface area (Å²) in [7, 11) is -3.67. The number of hydrogen-bond acceptors (Lipinski definition) is 6.